The van der Waals surface area contributed by atoms with Gasteiger partial charge in [-0.1, -0.05) is 19.9 Å². The van der Waals surface area contributed by atoms with Crippen LogP contribution in [-0.2, 0) is 0 Å². The fraction of sp³-hybridized carbons (Fsp3) is 0.235. The average molecular weight is 334 g/mol. The number of Topliss-reactive ketones (excluding diaryl/α,β-unsaturated/α-hetero) is 1. The first-order chi connectivity index (χ1) is 11.4. The van der Waals surface area contributed by atoms with Gasteiger partial charge in [0.05, 0.1) is 0 Å². The van der Waals surface area contributed by atoms with Crippen molar-refractivity contribution in [3.63, 3.8) is 0 Å². The molecule has 7 nitrogen and oxygen atoms in total. The number of rotatable bonds is 1. The van der Waals surface area contributed by atoms with E-state index in [2.05, 4.69) is 0 Å². The van der Waals surface area contributed by atoms with Crippen molar-refractivity contribution in [1.29, 1.82) is 0 Å². The van der Waals surface area contributed by atoms with Crippen LogP contribution in [0, 0.1) is 0 Å². The number of hydrogen-bond acceptors (Lipinski definition) is 7. The Labute approximate surface area is 138 Å². The molecule has 0 bridgehead atoms. The van der Waals surface area contributed by atoms with E-state index in [-0.39, 0.29) is 28.4 Å². The summed E-state index contributed by atoms with van der Waals surface area (Å²) in [6, 6.07) is 5.85. The molecule has 0 spiro atoms. The molecule has 2 aromatic rings. The van der Waals surface area contributed by atoms with Crippen molar-refractivity contribution in [1.82, 2.24) is 0 Å². The zero-order valence-electron chi connectivity index (χ0n) is 13.1. The number of aliphatic hydroxyl groups is 1. The first-order valence-corrected chi connectivity index (χ1v) is 7.35. The second-order valence-corrected chi connectivity index (χ2v) is 4.93. The van der Waals surface area contributed by atoms with Crippen molar-refractivity contribution in [2.75, 3.05) is 0 Å². The van der Waals surface area contributed by atoms with Crippen molar-refractivity contribution in [3.8, 4) is 28.7 Å². The molecule has 7 heteroatoms. The number of ether oxygens (including phenoxy) is 1. The van der Waals surface area contributed by atoms with Gasteiger partial charge in [-0.15, -0.1) is 0 Å². The zero-order chi connectivity index (χ0) is 18.0. The standard InChI is InChI=1S/C15H12O7.C2H6/c16-7-4-10(19)12-11(5-7)22-15(14(21)13(12)20)6-1-2-8(17)9(18)3-6;1-2/h1-5,14-19,21H;1-2H3. The van der Waals surface area contributed by atoms with Crippen LogP contribution in [0.5, 0.6) is 28.7 Å². The lowest BCUT2D eigenvalue weighted by molar-refractivity contribution is 0.0210. The lowest BCUT2D eigenvalue weighted by Crippen LogP contribution is -2.36. The number of aliphatic hydroxyl groups excluding tert-OH is 1. The fourth-order valence-corrected chi connectivity index (χ4v) is 2.38. The lowest BCUT2D eigenvalue weighted by Gasteiger charge is -2.30. The summed E-state index contributed by atoms with van der Waals surface area (Å²) in [5.74, 6) is -2.41. The van der Waals surface area contributed by atoms with Crippen LogP contribution < -0.4 is 4.74 Å². The van der Waals surface area contributed by atoms with Crippen LogP contribution in [0.1, 0.15) is 35.9 Å². The molecule has 0 saturated heterocycles. The molecular formula is C17H18O7. The summed E-state index contributed by atoms with van der Waals surface area (Å²) in [6.07, 6.45) is -2.75. The third kappa shape index (κ3) is 2.93. The van der Waals surface area contributed by atoms with E-state index in [0.29, 0.717) is 0 Å². The van der Waals surface area contributed by atoms with E-state index in [1.165, 1.54) is 12.1 Å². The number of carbonyl (C=O) groups is 1. The van der Waals surface area contributed by atoms with Gasteiger partial charge >= 0.3 is 0 Å². The Hall–Kier alpha value is -2.93. The van der Waals surface area contributed by atoms with Crippen LogP contribution in [-0.4, -0.2) is 37.4 Å². The molecule has 24 heavy (non-hydrogen) atoms. The van der Waals surface area contributed by atoms with E-state index >= 15 is 0 Å². The molecular weight excluding hydrogens is 316 g/mol. The summed E-state index contributed by atoms with van der Waals surface area (Å²) in [7, 11) is 0. The topological polar surface area (TPSA) is 127 Å². The third-order valence-corrected chi connectivity index (χ3v) is 3.45. The maximum Gasteiger partial charge on any atom is 0.202 e. The summed E-state index contributed by atoms with van der Waals surface area (Å²) in [6.45, 7) is 4.00. The normalized spacial score (nSPS) is 18.9. The molecule has 0 fully saturated rings. The summed E-state index contributed by atoms with van der Waals surface area (Å²) >= 11 is 0. The lowest BCUT2D eigenvalue weighted by atomic mass is 9.92. The van der Waals surface area contributed by atoms with E-state index in [0.717, 1.165) is 18.2 Å². The minimum atomic E-state index is -1.60. The van der Waals surface area contributed by atoms with Gasteiger partial charge in [-0.05, 0) is 17.7 Å². The summed E-state index contributed by atoms with van der Waals surface area (Å²) in [5.41, 5.74) is 0.0363. The fourth-order valence-electron chi connectivity index (χ4n) is 2.38. The van der Waals surface area contributed by atoms with E-state index in [1.54, 1.807) is 0 Å². The van der Waals surface area contributed by atoms with Crippen LogP contribution >= 0.6 is 0 Å². The highest BCUT2D eigenvalue weighted by molar-refractivity contribution is 6.05. The Balaban J connectivity index is 0.00000100. The van der Waals surface area contributed by atoms with Gasteiger partial charge in [0.1, 0.15) is 22.8 Å². The molecule has 5 N–H and O–H groups in total. The van der Waals surface area contributed by atoms with Crippen molar-refractivity contribution in [3.05, 3.63) is 41.5 Å². The Bertz CT molecular complexity index is 770. The number of fused-ring (bicyclic) bond motifs is 1. The maximum atomic E-state index is 12.2. The van der Waals surface area contributed by atoms with Gasteiger partial charge in [-0.25, -0.2) is 0 Å². The molecule has 1 heterocycles. The van der Waals surface area contributed by atoms with Crippen molar-refractivity contribution >= 4 is 5.78 Å². The Morgan fingerprint density at radius 2 is 1.58 bits per heavy atom. The zero-order valence-corrected chi connectivity index (χ0v) is 13.1. The van der Waals surface area contributed by atoms with E-state index in [1.807, 2.05) is 13.8 Å². The Morgan fingerprint density at radius 3 is 2.21 bits per heavy atom. The molecule has 1 aliphatic heterocycles. The molecule has 2 atom stereocenters. The van der Waals surface area contributed by atoms with E-state index in [9.17, 15) is 30.3 Å². The van der Waals surface area contributed by atoms with E-state index in [4.69, 9.17) is 4.74 Å². The number of benzene rings is 2. The summed E-state index contributed by atoms with van der Waals surface area (Å²) in [4.78, 5) is 12.2. The molecule has 128 valence electrons. The quantitative estimate of drug-likeness (QED) is 0.506. The molecule has 0 aromatic heterocycles. The molecule has 0 radical (unpaired) electrons. The molecule has 0 saturated carbocycles. The number of phenolic OH excluding ortho intramolecular Hbond substituents is 4. The second kappa shape index (κ2) is 6.67. The molecule has 2 aromatic carbocycles. The number of ketones is 1. The largest absolute Gasteiger partial charge is 0.508 e. The van der Waals surface area contributed by atoms with Crippen LogP contribution in [0.2, 0.25) is 0 Å². The van der Waals surface area contributed by atoms with Crippen molar-refractivity contribution in [2.45, 2.75) is 26.1 Å². The minimum absolute atomic E-state index is 0.0784. The van der Waals surface area contributed by atoms with Gasteiger partial charge in [0, 0.05) is 12.1 Å². The molecule has 0 aliphatic carbocycles. The Morgan fingerprint density at radius 1 is 0.917 bits per heavy atom. The van der Waals surface area contributed by atoms with Crippen molar-refractivity contribution < 1.29 is 35.1 Å². The minimum Gasteiger partial charge on any atom is -0.508 e. The summed E-state index contributed by atoms with van der Waals surface area (Å²) in [5, 5.41) is 48.1. The monoisotopic (exact) mass is 334 g/mol. The smallest absolute Gasteiger partial charge is 0.202 e. The van der Waals surface area contributed by atoms with Gasteiger partial charge in [0.15, 0.2) is 23.7 Å². The van der Waals surface area contributed by atoms with E-state index < -0.39 is 29.5 Å². The van der Waals surface area contributed by atoms with Crippen LogP contribution in [0.4, 0.5) is 0 Å². The predicted molar refractivity (Wildman–Crippen MR) is 84.6 cm³/mol. The third-order valence-electron chi connectivity index (χ3n) is 3.45. The van der Waals surface area contributed by atoms with Crippen LogP contribution in [0.25, 0.3) is 0 Å². The maximum absolute atomic E-state index is 12.2. The van der Waals surface area contributed by atoms with Crippen LogP contribution in [0.15, 0.2) is 30.3 Å². The predicted octanol–water partition coefficient (Wildman–Crippen LogP) is 2.21. The SMILES string of the molecule is CC.O=C1c2c(O)cc(O)cc2OC(c2ccc(O)c(O)c2)C1O. The van der Waals surface area contributed by atoms with Gasteiger partial charge in [-0.2, -0.15) is 0 Å². The number of phenols is 4. The van der Waals surface area contributed by atoms with Gasteiger partial charge in [0.2, 0.25) is 5.78 Å². The second-order valence-electron chi connectivity index (χ2n) is 4.93. The average Bonchev–Trinajstić information content (AvgIpc) is 2.55. The summed E-state index contributed by atoms with van der Waals surface area (Å²) < 4.78 is 5.47. The number of carbonyl (C=O) groups excluding carboxylic acids is 1. The highest BCUT2D eigenvalue weighted by Crippen LogP contribution is 2.42. The number of hydrogen-bond donors (Lipinski definition) is 5. The highest BCUT2D eigenvalue weighted by atomic mass is 16.5. The molecule has 2 unspecified atom stereocenters. The number of aromatic hydroxyl groups is 4. The van der Waals surface area contributed by atoms with Gasteiger partial charge < -0.3 is 30.3 Å². The Kier molecular flexibility index (Phi) is 4.85. The molecule has 0 amide bonds. The van der Waals surface area contributed by atoms with Crippen molar-refractivity contribution in [2.24, 2.45) is 0 Å². The van der Waals surface area contributed by atoms with Crippen LogP contribution in [0.3, 0.4) is 0 Å². The van der Waals surface area contributed by atoms with Gasteiger partial charge in [-0.3, -0.25) is 4.79 Å². The molecule has 3 rings (SSSR count). The van der Waals surface area contributed by atoms with Gasteiger partial charge in [0.25, 0.3) is 0 Å². The highest BCUT2D eigenvalue weighted by Gasteiger charge is 2.39. The first kappa shape index (κ1) is 17.4. The first-order valence-electron chi connectivity index (χ1n) is 7.35. The molecule has 1 aliphatic rings.